The molecular formula is C14H20N2O2S2. The highest BCUT2D eigenvalue weighted by Crippen LogP contribution is 2.06. The maximum absolute atomic E-state index is 5.49. The third-order valence-corrected chi connectivity index (χ3v) is 3.78. The van der Waals surface area contributed by atoms with Gasteiger partial charge in [0.05, 0.1) is 42.0 Å². The van der Waals surface area contributed by atoms with Gasteiger partial charge in [0.2, 0.25) is 0 Å². The van der Waals surface area contributed by atoms with Crippen LogP contribution in [0.3, 0.4) is 0 Å². The minimum absolute atomic E-state index is 0.551. The highest BCUT2D eigenvalue weighted by Gasteiger charge is 2.02. The van der Waals surface area contributed by atoms with Crippen molar-refractivity contribution >= 4 is 33.9 Å². The molecule has 0 saturated heterocycles. The van der Waals surface area contributed by atoms with Crippen molar-refractivity contribution in [1.82, 2.24) is 4.98 Å². The van der Waals surface area contributed by atoms with Crippen LogP contribution in [0.1, 0.15) is 18.2 Å². The van der Waals surface area contributed by atoms with Crippen LogP contribution < -0.4 is 0 Å². The number of hydrogen-bond acceptors (Lipinski definition) is 6. The summed E-state index contributed by atoms with van der Waals surface area (Å²) in [6.07, 6.45) is 3.74. The molecule has 6 heteroatoms. The summed E-state index contributed by atoms with van der Waals surface area (Å²) < 4.78 is 11.3. The largest absolute Gasteiger partial charge is 0.382 e. The van der Waals surface area contributed by atoms with Crippen LogP contribution in [0.25, 0.3) is 0 Å². The molecule has 0 radical (unpaired) electrons. The summed E-state index contributed by atoms with van der Waals surface area (Å²) in [4.78, 5) is 8.77. The molecule has 0 atom stereocenters. The topological polar surface area (TPSA) is 43.7 Å². The van der Waals surface area contributed by atoms with E-state index in [1.54, 1.807) is 25.1 Å². The van der Waals surface area contributed by atoms with Gasteiger partial charge in [-0.3, -0.25) is 9.98 Å². The van der Waals surface area contributed by atoms with E-state index in [2.05, 4.69) is 9.98 Å². The minimum atomic E-state index is 0.551. The molecule has 1 aromatic heterocycles. The van der Waals surface area contributed by atoms with Crippen LogP contribution >= 0.6 is 24.0 Å². The van der Waals surface area contributed by atoms with Crippen LogP contribution in [0.15, 0.2) is 23.3 Å². The van der Waals surface area contributed by atoms with Gasteiger partial charge in [-0.15, -0.1) is 11.8 Å². The number of pyridine rings is 1. The number of aliphatic imine (C=N–C) groups is 1. The summed E-state index contributed by atoms with van der Waals surface area (Å²) in [6.45, 7) is 4.24. The van der Waals surface area contributed by atoms with Gasteiger partial charge in [0.1, 0.15) is 0 Å². The fourth-order valence-corrected chi connectivity index (χ4v) is 1.68. The van der Waals surface area contributed by atoms with E-state index in [0.717, 1.165) is 21.2 Å². The van der Waals surface area contributed by atoms with E-state index in [4.69, 9.17) is 21.7 Å². The molecular weight excluding hydrogens is 292 g/mol. The number of thioether (sulfide) groups is 1. The Kier molecular flexibility index (Phi) is 8.60. The standard InChI is InChI=1S/C14H20N2O2S2/c1-11(16-9-14(19)20-3)13-8-12(4-5-15-13)10-18-7-6-17-2/h4-5,8H,6-7,9-10H2,1-3H3. The van der Waals surface area contributed by atoms with E-state index in [9.17, 15) is 0 Å². The molecule has 1 aromatic rings. The van der Waals surface area contributed by atoms with Crippen molar-refractivity contribution < 1.29 is 9.47 Å². The molecule has 0 spiro atoms. The van der Waals surface area contributed by atoms with Crippen LogP contribution in [0.5, 0.6) is 0 Å². The third kappa shape index (κ3) is 6.56. The fourth-order valence-electron chi connectivity index (χ4n) is 1.42. The van der Waals surface area contributed by atoms with E-state index in [1.165, 1.54) is 0 Å². The lowest BCUT2D eigenvalue weighted by molar-refractivity contribution is 0.0616. The molecule has 0 bridgehead atoms. The van der Waals surface area contributed by atoms with Crippen molar-refractivity contribution in [3.63, 3.8) is 0 Å². The maximum atomic E-state index is 5.49. The van der Waals surface area contributed by atoms with Crippen LogP contribution in [-0.2, 0) is 16.1 Å². The summed E-state index contributed by atoms with van der Waals surface area (Å²) in [6, 6.07) is 3.93. The summed E-state index contributed by atoms with van der Waals surface area (Å²) in [7, 11) is 1.66. The Bertz CT molecular complexity index is 464. The first kappa shape index (κ1) is 17.2. The molecule has 1 rings (SSSR count). The molecule has 0 aliphatic rings. The first-order chi connectivity index (χ1) is 9.67. The van der Waals surface area contributed by atoms with Gasteiger partial charge in [-0.2, -0.15) is 0 Å². The summed E-state index contributed by atoms with van der Waals surface area (Å²) >= 11 is 6.69. The number of rotatable bonds is 8. The molecule has 110 valence electrons. The summed E-state index contributed by atoms with van der Waals surface area (Å²) in [5.74, 6) is 0. The lowest BCUT2D eigenvalue weighted by Gasteiger charge is -2.06. The second-order valence-electron chi connectivity index (χ2n) is 4.07. The van der Waals surface area contributed by atoms with Gasteiger partial charge >= 0.3 is 0 Å². The quantitative estimate of drug-likeness (QED) is 0.419. The summed E-state index contributed by atoms with van der Waals surface area (Å²) in [5, 5.41) is 0. The van der Waals surface area contributed by atoms with Crippen molar-refractivity contribution in [3.05, 3.63) is 29.6 Å². The van der Waals surface area contributed by atoms with E-state index in [1.807, 2.05) is 25.3 Å². The highest BCUT2D eigenvalue weighted by atomic mass is 32.2. The zero-order valence-electron chi connectivity index (χ0n) is 12.1. The zero-order chi connectivity index (χ0) is 14.8. The number of methoxy groups -OCH3 is 1. The second kappa shape index (κ2) is 9.99. The Morgan fingerprint density at radius 3 is 2.95 bits per heavy atom. The van der Waals surface area contributed by atoms with Crippen LogP contribution in [0.4, 0.5) is 0 Å². The minimum Gasteiger partial charge on any atom is -0.382 e. The molecule has 0 aliphatic heterocycles. The van der Waals surface area contributed by atoms with E-state index in [0.29, 0.717) is 26.4 Å². The summed E-state index contributed by atoms with van der Waals surface area (Å²) in [5.41, 5.74) is 2.83. The van der Waals surface area contributed by atoms with Gasteiger partial charge in [-0.1, -0.05) is 12.2 Å². The molecule has 0 aromatic carbocycles. The van der Waals surface area contributed by atoms with Crippen molar-refractivity contribution in [2.75, 3.05) is 33.1 Å². The fraction of sp³-hybridized carbons (Fsp3) is 0.500. The number of nitrogens with zero attached hydrogens (tertiary/aromatic N) is 2. The second-order valence-corrected chi connectivity index (χ2v) is 5.72. The van der Waals surface area contributed by atoms with Gasteiger partial charge in [-0.05, 0) is 30.9 Å². The first-order valence-corrected chi connectivity index (χ1v) is 7.90. The number of hydrogen-bond donors (Lipinski definition) is 0. The van der Waals surface area contributed by atoms with E-state index in [-0.39, 0.29) is 0 Å². The van der Waals surface area contributed by atoms with Gasteiger partial charge in [0.15, 0.2) is 0 Å². The Labute approximate surface area is 130 Å². The normalized spacial score (nSPS) is 11.7. The molecule has 1 heterocycles. The molecule has 0 N–H and O–H groups in total. The number of thiocarbonyl (C=S) groups is 1. The van der Waals surface area contributed by atoms with E-state index >= 15 is 0 Å². The Morgan fingerprint density at radius 2 is 2.25 bits per heavy atom. The molecule has 0 fully saturated rings. The third-order valence-electron chi connectivity index (χ3n) is 2.57. The van der Waals surface area contributed by atoms with Crippen LogP contribution in [-0.4, -0.2) is 48.0 Å². The maximum Gasteiger partial charge on any atom is 0.0840 e. The lowest BCUT2D eigenvalue weighted by atomic mass is 10.2. The van der Waals surface area contributed by atoms with Crippen LogP contribution in [0, 0.1) is 0 Å². The van der Waals surface area contributed by atoms with Crippen LogP contribution in [0.2, 0.25) is 0 Å². The monoisotopic (exact) mass is 312 g/mol. The predicted molar refractivity (Wildman–Crippen MR) is 89.0 cm³/mol. The van der Waals surface area contributed by atoms with Gasteiger partial charge in [0.25, 0.3) is 0 Å². The zero-order valence-corrected chi connectivity index (χ0v) is 13.7. The number of aromatic nitrogens is 1. The average molecular weight is 312 g/mol. The van der Waals surface area contributed by atoms with Gasteiger partial charge in [0, 0.05) is 13.3 Å². The Balaban J connectivity index is 2.60. The molecule has 4 nitrogen and oxygen atoms in total. The van der Waals surface area contributed by atoms with Crippen molar-refractivity contribution in [2.45, 2.75) is 13.5 Å². The van der Waals surface area contributed by atoms with Crippen molar-refractivity contribution in [2.24, 2.45) is 4.99 Å². The molecule has 0 saturated carbocycles. The SMILES string of the molecule is COCCOCc1ccnc(C(C)=NCC(=S)SC)c1. The molecule has 0 amide bonds. The molecule has 0 aliphatic carbocycles. The smallest absolute Gasteiger partial charge is 0.0840 e. The van der Waals surface area contributed by atoms with Gasteiger partial charge in [-0.25, -0.2) is 0 Å². The average Bonchev–Trinajstić information content (AvgIpc) is 2.49. The van der Waals surface area contributed by atoms with E-state index < -0.39 is 0 Å². The van der Waals surface area contributed by atoms with Crippen molar-refractivity contribution in [1.29, 1.82) is 0 Å². The Morgan fingerprint density at radius 1 is 1.45 bits per heavy atom. The predicted octanol–water partition coefficient (Wildman–Crippen LogP) is 2.74. The Hall–Kier alpha value is -0.820. The highest BCUT2D eigenvalue weighted by molar-refractivity contribution is 8.22. The van der Waals surface area contributed by atoms with Gasteiger partial charge < -0.3 is 9.47 Å². The number of ether oxygens (including phenoxy) is 2. The molecule has 0 unspecified atom stereocenters. The van der Waals surface area contributed by atoms with Crippen molar-refractivity contribution in [3.8, 4) is 0 Å². The lowest BCUT2D eigenvalue weighted by Crippen LogP contribution is -2.05. The molecule has 20 heavy (non-hydrogen) atoms. The first-order valence-electron chi connectivity index (χ1n) is 6.27.